The van der Waals surface area contributed by atoms with E-state index in [2.05, 4.69) is 20.3 Å². The van der Waals surface area contributed by atoms with Gasteiger partial charge in [0.25, 0.3) is 5.91 Å². The molecular weight excluding hydrogens is 431 g/mol. The maximum absolute atomic E-state index is 12.8. The predicted molar refractivity (Wildman–Crippen MR) is 103 cm³/mol. The van der Waals surface area contributed by atoms with Crippen molar-refractivity contribution in [2.45, 2.75) is 63.1 Å². The average molecular weight is 455 g/mol. The Morgan fingerprint density at radius 1 is 1.22 bits per heavy atom. The van der Waals surface area contributed by atoms with Gasteiger partial charge in [0.05, 0.1) is 12.6 Å². The summed E-state index contributed by atoms with van der Waals surface area (Å²) in [7, 11) is 0. The molecule has 1 aliphatic heterocycles. The van der Waals surface area contributed by atoms with Crippen molar-refractivity contribution in [2.24, 2.45) is 0 Å². The first kappa shape index (κ1) is 22.5. The molecule has 32 heavy (non-hydrogen) atoms. The SMILES string of the molecule is Cc1ccc(OCC(=O)N[C@@H]2CC[C@@H](c3nnc(C4(OC(F)(F)F)CCC4)o3)OC2)cc1. The van der Waals surface area contributed by atoms with Gasteiger partial charge in [-0.1, -0.05) is 17.7 Å². The van der Waals surface area contributed by atoms with Crippen LogP contribution in [0.3, 0.4) is 0 Å². The minimum atomic E-state index is -4.79. The topological polar surface area (TPSA) is 95.7 Å². The molecule has 1 saturated heterocycles. The van der Waals surface area contributed by atoms with Crippen LogP contribution in [0.1, 0.15) is 55.6 Å². The molecular formula is C21H24F3N3O5. The second-order valence-electron chi connectivity index (χ2n) is 8.11. The summed E-state index contributed by atoms with van der Waals surface area (Å²) in [6.07, 6.45) is -3.36. The van der Waals surface area contributed by atoms with Crippen molar-refractivity contribution >= 4 is 5.91 Å². The minimum Gasteiger partial charge on any atom is -0.484 e. The zero-order valence-electron chi connectivity index (χ0n) is 17.5. The summed E-state index contributed by atoms with van der Waals surface area (Å²) in [5.41, 5.74) is -0.508. The fourth-order valence-corrected chi connectivity index (χ4v) is 3.74. The van der Waals surface area contributed by atoms with Gasteiger partial charge >= 0.3 is 6.36 Å². The van der Waals surface area contributed by atoms with Gasteiger partial charge < -0.3 is 19.2 Å². The standard InChI is InChI=1S/C21H24F3N3O5/c1-13-3-6-15(7-4-13)29-12-17(28)25-14-5-8-16(30-11-14)18-26-27-19(31-18)20(9-2-10-20)32-21(22,23)24/h3-4,6-7,14,16H,2,5,8-12H2,1H3,(H,25,28)/t14-,16+/m1/s1. The van der Waals surface area contributed by atoms with Crippen LogP contribution >= 0.6 is 0 Å². The van der Waals surface area contributed by atoms with Crippen molar-refractivity contribution in [3.05, 3.63) is 41.6 Å². The van der Waals surface area contributed by atoms with Gasteiger partial charge in [0.15, 0.2) is 12.2 Å². The lowest BCUT2D eigenvalue weighted by Gasteiger charge is -2.38. The van der Waals surface area contributed by atoms with Crippen molar-refractivity contribution < 1.29 is 36.6 Å². The van der Waals surface area contributed by atoms with Crippen LogP contribution in [-0.4, -0.2) is 41.7 Å². The monoisotopic (exact) mass is 455 g/mol. The summed E-state index contributed by atoms with van der Waals surface area (Å²) in [6.45, 7) is 2.06. The summed E-state index contributed by atoms with van der Waals surface area (Å²) in [4.78, 5) is 12.1. The molecule has 2 aliphatic rings. The van der Waals surface area contributed by atoms with Crippen molar-refractivity contribution in [3.8, 4) is 5.75 Å². The lowest BCUT2D eigenvalue weighted by molar-refractivity contribution is -0.387. The quantitative estimate of drug-likeness (QED) is 0.680. The van der Waals surface area contributed by atoms with E-state index in [4.69, 9.17) is 13.9 Å². The molecule has 1 aromatic heterocycles. The molecule has 1 aromatic carbocycles. The molecule has 174 valence electrons. The fraction of sp³-hybridized carbons (Fsp3) is 0.571. The van der Waals surface area contributed by atoms with E-state index < -0.39 is 18.1 Å². The Bertz CT molecular complexity index is 920. The first-order valence-electron chi connectivity index (χ1n) is 10.4. The van der Waals surface area contributed by atoms with Gasteiger partial charge in [-0.2, -0.15) is 0 Å². The maximum atomic E-state index is 12.8. The molecule has 0 unspecified atom stereocenters. The highest BCUT2D eigenvalue weighted by molar-refractivity contribution is 5.77. The average Bonchev–Trinajstić information content (AvgIpc) is 3.21. The van der Waals surface area contributed by atoms with E-state index >= 15 is 0 Å². The van der Waals surface area contributed by atoms with Crippen LogP contribution in [0.25, 0.3) is 0 Å². The second-order valence-corrected chi connectivity index (χ2v) is 8.11. The predicted octanol–water partition coefficient (Wildman–Crippen LogP) is 3.71. The number of aromatic nitrogens is 2. The molecule has 1 aliphatic carbocycles. The lowest BCUT2D eigenvalue weighted by Crippen LogP contribution is -2.43. The molecule has 1 saturated carbocycles. The first-order valence-corrected chi connectivity index (χ1v) is 10.4. The van der Waals surface area contributed by atoms with Crippen LogP contribution in [0, 0.1) is 6.92 Å². The van der Waals surface area contributed by atoms with Crippen LogP contribution in [-0.2, 0) is 19.9 Å². The normalized spacial score (nSPS) is 22.8. The number of amides is 1. The number of halogens is 3. The van der Waals surface area contributed by atoms with Gasteiger partial charge in [0, 0.05) is 0 Å². The van der Waals surface area contributed by atoms with E-state index in [1.54, 1.807) is 12.1 Å². The Morgan fingerprint density at radius 3 is 2.56 bits per heavy atom. The Kier molecular flexibility index (Phi) is 6.38. The largest absolute Gasteiger partial charge is 0.523 e. The number of hydrogen-bond acceptors (Lipinski definition) is 7. The van der Waals surface area contributed by atoms with Crippen LogP contribution < -0.4 is 10.1 Å². The molecule has 0 bridgehead atoms. The number of rotatable bonds is 7. The summed E-state index contributed by atoms with van der Waals surface area (Å²) in [5, 5.41) is 10.5. The molecule has 4 rings (SSSR count). The highest BCUT2D eigenvalue weighted by Crippen LogP contribution is 2.48. The zero-order chi connectivity index (χ0) is 22.8. The smallest absolute Gasteiger partial charge is 0.484 e. The molecule has 11 heteroatoms. The van der Waals surface area contributed by atoms with Gasteiger partial charge in [-0.3, -0.25) is 9.53 Å². The number of nitrogens with one attached hydrogen (secondary N) is 1. The highest BCUT2D eigenvalue weighted by atomic mass is 19.4. The number of benzene rings is 1. The lowest BCUT2D eigenvalue weighted by atomic mass is 9.80. The van der Waals surface area contributed by atoms with E-state index in [9.17, 15) is 18.0 Å². The van der Waals surface area contributed by atoms with Gasteiger partial charge in [0.2, 0.25) is 11.8 Å². The van der Waals surface area contributed by atoms with Gasteiger partial charge in [-0.15, -0.1) is 23.4 Å². The molecule has 8 nitrogen and oxygen atoms in total. The molecule has 1 amide bonds. The third-order valence-corrected chi connectivity index (χ3v) is 5.61. The number of carbonyl (C=O) groups is 1. The van der Waals surface area contributed by atoms with Gasteiger partial charge in [-0.05, 0) is 51.2 Å². The summed E-state index contributed by atoms with van der Waals surface area (Å²) in [5.74, 6) is 0.276. The molecule has 0 radical (unpaired) electrons. The van der Waals surface area contributed by atoms with Crippen LogP contribution in [0.15, 0.2) is 28.7 Å². The van der Waals surface area contributed by atoms with E-state index in [0.29, 0.717) is 25.0 Å². The highest BCUT2D eigenvalue weighted by Gasteiger charge is 2.52. The summed E-state index contributed by atoms with van der Waals surface area (Å²) in [6, 6.07) is 7.17. The minimum absolute atomic E-state index is 0.114. The van der Waals surface area contributed by atoms with E-state index in [1.165, 1.54) is 0 Å². The van der Waals surface area contributed by atoms with Crippen LogP contribution in [0.4, 0.5) is 13.2 Å². The number of carbonyl (C=O) groups excluding carboxylic acids is 1. The Hall–Kier alpha value is -2.66. The third kappa shape index (κ3) is 5.39. The molecule has 2 fully saturated rings. The van der Waals surface area contributed by atoms with Gasteiger partial charge in [0.1, 0.15) is 11.9 Å². The number of nitrogens with zero attached hydrogens (tertiary/aromatic N) is 2. The van der Waals surface area contributed by atoms with Crippen molar-refractivity contribution in [1.29, 1.82) is 0 Å². The number of aryl methyl sites for hydroxylation is 1. The molecule has 0 spiro atoms. The maximum Gasteiger partial charge on any atom is 0.523 e. The Labute approximate surface area is 182 Å². The number of hydrogen-bond donors (Lipinski definition) is 1. The molecule has 2 aromatic rings. The van der Waals surface area contributed by atoms with E-state index in [0.717, 1.165) is 5.56 Å². The van der Waals surface area contributed by atoms with Crippen LogP contribution in [0.5, 0.6) is 5.75 Å². The molecule has 1 N–H and O–H groups in total. The van der Waals surface area contributed by atoms with Gasteiger partial charge in [-0.25, -0.2) is 0 Å². The number of ether oxygens (including phenoxy) is 3. The van der Waals surface area contributed by atoms with Crippen molar-refractivity contribution in [3.63, 3.8) is 0 Å². The zero-order valence-corrected chi connectivity index (χ0v) is 17.5. The molecule has 2 atom stereocenters. The summed E-state index contributed by atoms with van der Waals surface area (Å²) < 4.78 is 59.2. The Balaban J connectivity index is 1.25. The van der Waals surface area contributed by atoms with Crippen molar-refractivity contribution in [2.75, 3.05) is 13.2 Å². The fourth-order valence-electron chi connectivity index (χ4n) is 3.74. The van der Waals surface area contributed by atoms with E-state index in [1.807, 2.05) is 19.1 Å². The Morgan fingerprint density at radius 2 is 1.97 bits per heavy atom. The first-order chi connectivity index (χ1) is 15.2. The number of alkyl halides is 3. The van der Waals surface area contributed by atoms with Crippen LogP contribution in [0.2, 0.25) is 0 Å². The second kappa shape index (κ2) is 9.07. The van der Waals surface area contributed by atoms with E-state index in [-0.39, 0.29) is 49.8 Å². The summed E-state index contributed by atoms with van der Waals surface area (Å²) >= 11 is 0. The third-order valence-electron chi connectivity index (χ3n) is 5.61. The van der Waals surface area contributed by atoms with Crippen molar-refractivity contribution in [1.82, 2.24) is 15.5 Å². The molecule has 2 heterocycles.